The summed E-state index contributed by atoms with van der Waals surface area (Å²) in [6.07, 6.45) is -0.139. The molecule has 0 saturated carbocycles. The number of aliphatic hydroxyl groups excluding tert-OH is 1. The van der Waals surface area contributed by atoms with Crippen molar-refractivity contribution < 1.29 is 18.7 Å². The second kappa shape index (κ2) is 8.66. The number of halogens is 3. The third-order valence-corrected chi connectivity index (χ3v) is 10.4. The van der Waals surface area contributed by atoms with E-state index < -0.39 is 20.1 Å². The van der Waals surface area contributed by atoms with E-state index in [1.807, 2.05) is 43.3 Å². The Kier molecular flexibility index (Phi) is 6.59. The highest BCUT2D eigenvalue weighted by atomic mass is 127. The van der Waals surface area contributed by atoms with E-state index in [4.69, 9.17) is 4.74 Å². The first kappa shape index (κ1) is 23.6. The molecule has 1 saturated heterocycles. The van der Waals surface area contributed by atoms with Crippen molar-refractivity contribution in [2.45, 2.75) is 50.2 Å². The summed E-state index contributed by atoms with van der Waals surface area (Å²) in [5.41, 5.74) is 1.12. The first-order valence-corrected chi connectivity index (χ1v) is 15.5. The van der Waals surface area contributed by atoms with E-state index >= 15 is 4.11 Å². The molecule has 0 aromatic heterocycles. The Balaban J connectivity index is 1.83. The summed E-state index contributed by atoms with van der Waals surface area (Å²) in [6.45, 7) is 5.66. The predicted molar refractivity (Wildman–Crippen MR) is 139 cm³/mol. The normalized spacial score (nSPS) is 27.9. The van der Waals surface area contributed by atoms with E-state index in [0.29, 0.717) is 13.0 Å². The van der Waals surface area contributed by atoms with Crippen molar-refractivity contribution in [2.24, 2.45) is 5.92 Å². The zero-order valence-electron chi connectivity index (χ0n) is 17.7. The highest BCUT2D eigenvalue weighted by Crippen LogP contribution is 2.60. The van der Waals surface area contributed by atoms with Crippen LogP contribution in [-0.2, 0) is 21.7 Å². The number of anilines is 1. The Morgan fingerprint density at radius 1 is 1.19 bits per heavy atom. The number of amides is 1. The molecule has 2 aliphatic rings. The number of benzene rings is 2. The Bertz CT molecular complexity index is 1010. The van der Waals surface area contributed by atoms with Gasteiger partial charge in [0.15, 0.2) is 5.60 Å². The highest BCUT2D eigenvalue weighted by molar-refractivity contribution is 14.1. The highest BCUT2D eigenvalue weighted by Gasteiger charge is 2.66. The van der Waals surface area contributed by atoms with E-state index in [0.717, 1.165) is 24.0 Å². The van der Waals surface area contributed by atoms with Crippen molar-refractivity contribution in [1.29, 1.82) is 0 Å². The number of carbonyl (C=O) groups is 1. The third kappa shape index (κ3) is 4.00. The van der Waals surface area contributed by atoms with E-state index in [2.05, 4.69) is 51.2 Å². The monoisotopic (exact) mass is 665 g/mol. The fourth-order valence-electron chi connectivity index (χ4n) is 5.39. The molecule has 0 bridgehead atoms. The van der Waals surface area contributed by atoms with Gasteiger partial charge < -0.3 is 18.9 Å². The molecule has 0 aliphatic carbocycles. The van der Waals surface area contributed by atoms with Gasteiger partial charge in [-0.05, 0) is 101 Å². The quantitative estimate of drug-likeness (QED) is 0.257. The van der Waals surface area contributed by atoms with Crippen molar-refractivity contribution >= 4 is 65.2 Å². The number of hydrogen-bond acceptors (Lipinski definition) is 3. The van der Waals surface area contributed by atoms with Gasteiger partial charge in [-0.2, -0.15) is 0 Å². The van der Waals surface area contributed by atoms with Crippen LogP contribution in [-0.4, -0.2) is 32.1 Å². The van der Waals surface area contributed by atoms with Crippen LogP contribution in [0, 0.1) is 13.1 Å². The van der Waals surface area contributed by atoms with Crippen LogP contribution in [0.1, 0.15) is 24.5 Å². The Labute approximate surface area is 211 Å². The largest absolute Gasteiger partial charge is 0.396 e. The number of ether oxygens (including phenoxy) is 1. The summed E-state index contributed by atoms with van der Waals surface area (Å²) in [5.74, 6) is -0.444. The molecule has 1 N–H and O–H groups in total. The zero-order chi connectivity index (χ0) is 22.6. The Hall–Kier alpha value is -0.563. The maximum absolute atomic E-state index is 15.5. The minimum atomic E-state index is -3.16. The van der Waals surface area contributed by atoms with Crippen LogP contribution in [0.3, 0.4) is 0 Å². The van der Waals surface area contributed by atoms with E-state index in [9.17, 15) is 9.90 Å². The van der Waals surface area contributed by atoms with Gasteiger partial charge in [0, 0.05) is 30.8 Å². The molecule has 2 aromatic rings. The summed E-state index contributed by atoms with van der Waals surface area (Å²) < 4.78 is 24.1. The maximum atomic E-state index is 15.5. The van der Waals surface area contributed by atoms with E-state index in [1.54, 1.807) is 18.0 Å². The summed E-state index contributed by atoms with van der Waals surface area (Å²) in [6, 6.07) is 14.1. The van der Waals surface area contributed by atoms with Crippen molar-refractivity contribution in [1.82, 2.24) is 0 Å². The fourth-order valence-corrected chi connectivity index (χ4v) is 9.03. The molecule has 0 radical (unpaired) electrons. The minimum Gasteiger partial charge on any atom is -0.396 e. The molecule has 0 unspecified atom stereocenters. The number of carbonyl (C=O) groups excluding carboxylic acids is 1. The van der Waals surface area contributed by atoms with Crippen LogP contribution in [0.2, 0.25) is 18.6 Å². The molecule has 4 nitrogen and oxygen atoms in total. The Morgan fingerprint density at radius 2 is 1.90 bits per heavy atom. The van der Waals surface area contributed by atoms with Crippen LogP contribution < -0.4 is 4.90 Å². The zero-order valence-corrected chi connectivity index (χ0v) is 23.1. The van der Waals surface area contributed by atoms with E-state index in [1.165, 1.54) is 0 Å². The molecule has 8 heteroatoms. The second-order valence-corrected chi connectivity index (χ2v) is 15.3. The topological polar surface area (TPSA) is 49.8 Å². The smallest absolute Gasteiger partial charge is 0.264 e. The lowest BCUT2D eigenvalue weighted by Crippen LogP contribution is -2.45. The van der Waals surface area contributed by atoms with Crippen LogP contribution in [0.15, 0.2) is 42.5 Å². The molecule has 4 atom stereocenters. The molecule has 166 valence electrons. The molecule has 31 heavy (non-hydrogen) atoms. The van der Waals surface area contributed by atoms with Gasteiger partial charge in [-0.1, -0.05) is 19.1 Å². The molecular formula is C23H26FI2NO3Si. The minimum absolute atomic E-state index is 0.0893. The number of fused-ring (bicyclic) bond motifs is 2. The van der Waals surface area contributed by atoms with Gasteiger partial charge in [0.1, 0.15) is 0 Å². The molecule has 4 rings (SSSR count). The van der Waals surface area contributed by atoms with Gasteiger partial charge in [0.05, 0.1) is 18.3 Å². The van der Waals surface area contributed by atoms with Crippen molar-refractivity contribution in [2.75, 3.05) is 11.5 Å². The van der Waals surface area contributed by atoms with Crippen molar-refractivity contribution in [3.63, 3.8) is 0 Å². The maximum Gasteiger partial charge on any atom is 0.264 e. The predicted octanol–water partition coefficient (Wildman–Crippen LogP) is 5.60. The molecule has 2 aliphatic heterocycles. The SMILES string of the molecule is C[C@@H]1[C@@H]([Si](C)(C)F)[C@H](CCO)O[C@@]12C(=O)N(Cc1cccc(I)c1)c1ccc(I)cc12. The number of aliphatic hydroxyl groups is 1. The van der Waals surface area contributed by atoms with Crippen LogP contribution in [0.4, 0.5) is 9.80 Å². The van der Waals surface area contributed by atoms with Crippen molar-refractivity contribution in [3.8, 4) is 0 Å². The molecular weight excluding hydrogens is 639 g/mol. The number of rotatable bonds is 5. The average molecular weight is 665 g/mol. The standard InChI is InChI=1S/C23H26FI2NO3Si/c1-14-21(31(2,3)24)20(9-10-28)30-23(14)18-12-17(26)7-8-19(18)27(22(23)29)13-15-5-4-6-16(25)11-15/h4-8,11-12,14,20-21,28H,9-10,13H2,1-3H3/t14-,20+,21-,23+/m1/s1. The first-order chi connectivity index (χ1) is 14.6. The molecule has 1 amide bonds. The molecule has 1 spiro atoms. The summed E-state index contributed by atoms with van der Waals surface area (Å²) in [4.78, 5) is 15.8. The number of nitrogens with zero attached hydrogens (tertiary/aromatic N) is 1. The lowest BCUT2D eigenvalue weighted by atomic mass is 9.82. The van der Waals surface area contributed by atoms with Crippen molar-refractivity contribution in [3.05, 3.63) is 60.7 Å². The summed E-state index contributed by atoms with van der Waals surface area (Å²) >= 11 is 4.51. The third-order valence-electron chi connectivity index (χ3n) is 6.57. The number of hydrogen-bond donors (Lipinski definition) is 1. The van der Waals surface area contributed by atoms with Gasteiger partial charge in [-0.25, -0.2) is 0 Å². The molecule has 2 aromatic carbocycles. The van der Waals surface area contributed by atoms with Gasteiger partial charge >= 0.3 is 0 Å². The van der Waals surface area contributed by atoms with Crippen LogP contribution >= 0.6 is 45.2 Å². The van der Waals surface area contributed by atoms with Gasteiger partial charge in [-0.15, -0.1) is 0 Å². The molecule has 2 heterocycles. The lowest BCUT2D eigenvalue weighted by molar-refractivity contribution is -0.146. The molecule has 1 fully saturated rings. The van der Waals surface area contributed by atoms with Crippen LogP contribution in [0.5, 0.6) is 0 Å². The summed E-state index contributed by atoms with van der Waals surface area (Å²) in [5, 5.41) is 9.62. The second-order valence-electron chi connectivity index (χ2n) is 8.97. The lowest BCUT2D eigenvalue weighted by Gasteiger charge is -2.31. The van der Waals surface area contributed by atoms with Gasteiger partial charge in [-0.3, -0.25) is 4.79 Å². The van der Waals surface area contributed by atoms with Gasteiger partial charge in [0.2, 0.25) is 8.41 Å². The fraction of sp³-hybridized carbons (Fsp3) is 0.435. The average Bonchev–Trinajstić information content (AvgIpc) is 3.10. The summed E-state index contributed by atoms with van der Waals surface area (Å²) in [7, 11) is -3.16. The first-order valence-electron chi connectivity index (χ1n) is 10.4. The Morgan fingerprint density at radius 3 is 2.55 bits per heavy atom. The van der Waals surface area contributed by atoms with Crippen LogP contribution in [0.25, 0.3) is 0 Å². The van der Waals surface area contributed by atoms with E-state index in [-0.39, 0.29) is 24.0 Å². The van der Waals surface area contributed by atoms with Gasteiger partial charge in [0.25, 0.3) is 5.91 Å².